The highest BCUT2D eigenvalue weighted by Gasteiger charge is 2.30. The number of methoxy groups -OCH3 is 1. The zero-order chi connectivity index (χ0) is 22.8. The van der Waals surface area contributed by atoms with Gasteiger partial charge in [0.1, 0.15) is 5.75 Å². The summed E-state index contributed by atoms with van der Waals surface area (Å²) in [5.41, 5.74) is -2.46. The summed E-state index contributed by atoms with van der Waals surface area (Å²) < 4.78 is 17.1. The first-order valence-corrected chi connectivity index (χ1v) is 10.6. The number of halogens is 1. The van der Waals surface area contributed by atoms with Crippen LogP contribution >= 0.6 is 20.0 Å². The third-order valence-corrected chi connectivity index (χ3v) is 5.96. The maximum atomic E-state index is 12.0. The maximum absolute atomic E-state index is 12.0. The fourth-order valence-electron chi connectivity index (χ4n) is 3.13. The molecule has 5 N–H and O–H groups in total. The molecule has 0 amide bonds. The highest BCUT2D eigenvalue weighted by molar-refractivity contribution is 7.52. The lowest BCUT2D eigenvalue weighted by Crippen LogP contribution is -2.29. The number of hydrogen-bond acceptors (Lipinski definition) is 7. The molecule has 0 spiro atoms. The van der Waals surface area contributed by atoms with Gasteiger partial charge in [-0.25, -0.2) is 0 Å². The first-order chi connectivity index (χ1) is 14.6. The molecule has 0 aliphatic carbocycles. The average Bonchev–Trinajstić information content (AvgIpc) is 2.71. The van der Waals surface area contributed by atoms with Crippen LogP contribution in [0, 0.1) is 10.1 Å². The Kier molecular flexibility index (Phi) is 7.94. The molecule has 3 aromatic rings. The van der Waals surface area contributed by atoms with Crippen molar-refractivity contribution in [2.45, 2.75) is 12.2 Å². The molecule has 2 aromatic carbocycles. The van der Waals surface area contributed by atoms with Gasteiger partial charge in [-0.15, -0.1) is 12.4 Å². The Labute approximate surface area is 186 Å². The van der Waals surface area contributed by atoms with Gasteiger partial charge in [0, 0.05) is 25.2 Å². The van der Waals surface area contributed by atoms with Crippen molar-refractivity contribution in [3.8, 4) is 5.75 Å². The summed E-state index contributed by atoms with van der Waals surface area (Å²) in [5.74, 6) is 0.530. The normalized spacial score (nSPS) is 12.2. The van der Waals surface area contributed by atoms with Crippen molar-refractivity contribution in [2.75, 3.05) is 13.7 Å². The first kappa shape index (κ1) is 25.2. The van der Waals surface area contributed by atoms with Crippen molar-refractivity contribution in [1.82, 2.24) is 15.3 Å². The first-order valence-electron chi connectivity index (χ1n) is 8.93. The van der Waals surface area contributed by atoms with E-state index in [0.29, 0.717) is 11.3 Å². The highest BCUT2D eigenvalue weighted by Crippen LogP contribution is 2.51. The quantitative estimate of drug-likeness (QED) is 0.136. The Hall–Kier alpha value is -3.02. The van der Waals surface area contributed by atoms with E-state index >= 15 is 0 Å². The number of aromatic amines is 2. The fraction of sp³-hybridized carbons (Fsp3) is 0.222. The van der Waals surface area contributed by atoms with Crippen molar-refractivity contribution in [3.05, 3.63) is 78.3 Å². The molecule has 3 rings (SSSR count). The molecule has 1 heterocycles. The summed E-state index contributed by atoms with van der Waals surface area (Å²) in [6.07, 6.45) is 0. The van der Waals surface area contributed by atoms with Crippen LogP contribution in [0.15, 0.2) is 46.0 Å². The van der Waals surface area contributed by atoms with E-state index in [-0.39, 0.29) is 47.8 Å². The second-order valence-electron chi connectivity index (χ2n) is 6.70. The number of nitro benzene ring substituents is 1. The predicted molar refractivity (Wildman–Crippen MR) is 119 cm³/mol. The number of non-ortho nitro benzene ring substituents is 1. The monoisotopic (exact) mass is 486 g/mol. The molecule has 0 bridgehead atoms. The molecule has 0 aliphatic rings. The van der Waals surface area contributed by atoms with Gasteiger partial charge in [-0.05, 0) is 23.3 Å². The van der Waals surface area contributed by atoms with Crippen molar-refractivity contribution >= 4 is 36.7 Å². The summed E-state index contributed by atoms with van der Waals surface area (Å²) in [5, 5.41) is 14.1. The van der Waals surface area contributed by atoms with Crippen LogP contribution in [0.5, 0.6) is 5.75 Å². The fourth-order valence-corrected chi connectivity index (χ4v) is 4.05. The molecule has 1 unspecified atom stereocenters. The number of benzene rings is 2. The number of hydrogen-bond donors (Lipinski definition) is 5. The van der Waals surface area contributed by atoms with Crippen LogP contribution in [0.1, 0.15) is 16.8 Å². The van der Waals surface area contributed by atoms with Gasteiger partial charge >= 0.3 is 18.7 Å². The highest BCUT2D eigenvalue weighted by atomic mass is 35.5. The molecule has 12 nitrogen and oxygen atoms in total. The van der Waals surface area contributed by atoms with Crippen LogP contribution in [0.4, 0.5) is 5.69 Å². The summed E-state index contributed by atoms with van der Waals surface area (Å²) in [4.78, 5) is 58.0. The van der Waals surface area contributed by atoms with E-state index in [1.807, 2.05) is 0 Å². The Morgan fingerprint density at radius 2 is 1.78 bits per heavy atom. The zero-order valence-corrected chi connectivity index (χ0v) is 18.3. The van der Waals surface area contributed by atoms with Crippen LogP contribution in [-0.2, 0) is 11.1 Å². The Balaban J connectivity index is 0.00000363. The van der Waals surface area contributed by atoms with Crippen molar-refractivity contribution in [1.29, 1.82) is 0 Å². The molecule has 0 saturated carbocycles. The van der Waals surface area contributed by atoms with Gasteiger partial charge in [0.05, 0.1) is 28.7 Å². The van der Waals surface area contributed by atoms with E-state index in [1.165, 1.54) is 25.3 Å². The van der Waals surface area contributed by atoms with Crippen LogP contribution < -0.4 is 21.2 Å². The lowest BCUT2D eigenvalue weighted by atomic mass is 10.1. The standard InChI is InChI=1S/C18H19N4O8P.ClH/c1-30-13-4-2-10(3-5-13)15(31(27,28)29)9-19-8-11-6-12(22(25)26)7-14-16(11)21-18(24)17(23)20-14;/h2-7,15,19H,8-9H2,1H3,(H,20,23)(H,21,24)(H2,27,28,29);1H. The molecular formula is C18H20ClN4O8P. The Bertz CT molecular complexity index is 1280. The van der Waals surface area contributed by atoms with Crippen molar-refractivity contribution in [2.24, 2.45) is 0 Å². The molecule has 0 aliphatic heterocycles. The van der Waals surface area contributed by atoms with E-state index in [2.05, 4.69) is 15.3 Å². The summed E-state index contributed by atoms with van der Waals surface area (Å²) in [6, 6.07) is 8.56. The summed E-state index contributed by atoms with van der Waals surface area (Å²) in [7, 11) is -3.08. The Morgan fingerprint density at radius 1 is 1.16 bits per heavy atom. The zero-order valence-electron chi connectivity index (χ0n) is 16.6. The van der Waals surface area contributed by atoms with Gasteiger partial charge in [-0.2, -0.15) is 0 Å². The molecule has 172 valence electrons. The number of fused-ring (bicyclic) bond motifs is 1. The lowest BCUT2D eigenvalue weighted by molar-refractivity contribution is -0.384. The molecule has 14 heteroatoms. The number of nitrogens with one attached hydrogen (secondary N) is 3. The summed E-state index contributed by atoms with van der Waals surface area (Å²) in [6.45, 7) is -0.221. The maximum Gasteiger partial charge on any atom is 0.334 e. The number of ether oxygens (including phenoxy) is 1. The molecular weight excluding hydrogens is 467 g/mol. The smallest absolute Gasteiger partial charge is 0.334 e. The predicted octanol–water partition coefficient (Wildman–Crippen LogP) is 1.56. The average molecular weight is 487 g/mol. The van der Waals surface area contributed by atoms with E-state index in [0.717, 1.165) is 6.07 Å². The molecule has 0 radical (unpaired) electrons. The molecule has 32 heavy (non-hydrogen) atoms. The third kappa shape index (κ3) is 5.61. The van der Waals surface area contributed by atoms with Gasteiger partial charge in [-0.3, -0.25) is 24.3 Å². The van der Waals surface area contributed by atoms with E-state index < -0.39 is 29.3 Å². The van der Waals surface area contributed by atoms with Gasteiger partial charge in [-0.1, -0.05) is 12.1 Å². The van der Waals surface area contributed by atoms with Crippen LogP contribution in [0.25, 0.3) is 11.0 Å². The van der Waals surface area contributed by atoms with Gasteiger partial charge in [0.15, 0.2) is 0 Å². The number of aromatic nitrogens is 2. The van der Waals surface area contributed by atoms with Crippen LogP contribution in [0.2, 0.25) is 0 Å². The molecule has 1 aromatic heterocycles. The number of nitrogens with zero attached hydrogens (tertiary/aromatic N) is 1. The second kappa shape index (κ2) is 10.1. The van der Waals surface area contributed by atoms with Crippen molar-refractivity contribution < 1.29 is 24.0 Å². The minimum absolute atomic E-state index is 0. The minimum atomic E-state index is -4.55. The summed E-state index contributed by atoms with van der Waals surface area (Å²) >= 11 is 0. The number of H-pyrrole nitrogens is 2. The topological polar surface area (TPSA) is 188 Å². The lowest BCUT2D eigenvalue weighted by Gasteiger charge is -2.20. The van der Waals surface area contributed by atoms with Gasteiger partial charge < -0.3 is 29.8 Å². The molecule has 0 fully saturated rings. The minimum Gasteiger partial charge on any atom is -0.497 e. The Morgan fingerprint density at radius 3 is 2.34 bits per heavy atom. The molecule has 0 saturated heterocycles. The van der Waals surface area contributed by atoms with Crippen molar-refractivity contribution in [3.63, 3.8) is 0 Å². The second-order valence-corrected chi connectivity index (χ2v) is 8.50. The van der Waals surface area contributed by atoms with E-state index in [1.54, 1.807) is 12.1 Å². The number of nitro groups is 1. The van der Waals surface area contributed by atoms with Crippen LogP contribution in [0.3, 0.4) is 0 Å². The van der Waals surface area contributed by atoms with E-state index in [4.69, 9.17) is 4.74 Å². The van der Waals surface area contributed by atoms with E-state index in [9.17, 15) is 34.1 Å². The molecule has 1 atom stereocenters. The third-order valence-electron chi connectivity index (χ3n) is 4.67. The van der Waals surface area contributed by atoms with Gasteiger partial charge in [0.25, 0.3) is 5.69 Å². The number of rotatable bonds is 8. The largest absolute Gasteiger partial charge is 0.497 e. The van der Waals surface area contributed by atoms with Gasteiger partial charge in [0.2, 0.25) is 0 Å². The van der Waals surface area contributed by atoms with Crippen LogP contribution in [-0.4, -0.2) is 38.3 Å². The SMILES string of the molecule is COc1ccc(C(CNCc2cc([N+](=O)[O-])cc3[nH]c(=O)c(=O)[nH]c23)P(=O)(O)O)cc1.Cl.